The predicted molar refractivity (Wildman–Crippen MR) is 81.6 cm³/mol. The van der Waals surface area contributed by atoms with Gasteiger partial charge in [-0.2, -0.15) is 0 Å². The van der Waals surface area contributed by atoms with Crippen LogP contribution in [0.15, 0.2) is 23.1 Å². The summed E-state index contributed by atoms with van der Waals surface area (Å²) in [5.41, 5.74) is 6.25. The molecule has 0 aromatic carbocycles. The lowest BCUT2D eigenvalue weighted by Gasteiger charge is -2.17. The van der Waals surface area contributed by atoms with Crippen LogP contribution in [0.5, 0.6) is 0 Å². The van der Waals surface area contributed by atoms with Crippen LogP contribution in [-0.2, 0) is 11.3 Å². The number of aromatic nitrogens is 1. The van der Waals surface area contributed by atoms with Gasteiger partial charge in [0.1, 0.15) is 0 Å². The highest BCUT2D eigenvalue weighted by Gasteiger charge is 2.18. The molecule has 0 radical (unpaired) electrons. The normalized spacial score (nSPS) is 12.4. The van der Waals surface area contributed by atoms with E-state index in [9.17, 15) is 9.59 Å². The van der Waals surface area contributed by atoms with Crippen molar-refractivity contribution in [3.8, 4) is 0 Å². The second-order valence-electron chi connectivity index (χ2n) is 5.50. The van der Waals surface area contributed by atoms with Gasteiger partial charge < -0.3 is 15.6 Å². The molecule has 1 heterocycles. The molecule has 0 aliphatic rings. The highest BCUT2D eigenvalue weighted by Crippen LogP contribution is 2.13. The molecule has 1 atom stereocenters. The van der Waals surface area contributed by atoms with Crippen molar-refractivity contribution < 1.29 is 4.79 Å². The minimum absolute atomic E-state index is 0.0533. The lowest BCUT2D eigenvalue weighted by Crippen LogP contribution is -2.31. The fourth-order valence-corrected chi connectivity index (χ4v) is 2.14. The van der Waals surface area contributed by atoms with Crippen LogP contribution in [0.25, 0.3) is 0 Å². The Kier molecular flexibility index (Phi) is 6.45. The molecule has 3 N–H and O–H groups in total. The van der Waals surface area contributed by atoms with Gasteiger partial charge in [-0.1, -0.05) is 20.8 Å². The van der Waals surface area contributed by atoms with E-state index >= 15 is 0 Å². The number of carbonyl (C=O) groups excluding carboxylic acids is 1. The van der Waals surface area contributed by atoms with E-state index in [4.69, 9.17) is 5.73 Å². The number of hydrogen-bond donors (Lipinski definition) is 2. The zero-order valence-electron chi connectivity index (χ0n) is 12.6. The third-order valence-electron chi connectivity index (χ3n) is 3.13. The van der Waals surface area contributed by atoms with Crippen molar-refractivity contribution in [2.75, 3.05) is 11.9 Å². The molecule has 1 rings (SSSR count). The molecule has 1 aromatic heterocycles. The number of anilines is 1. The summed E-state index contributed by atoms with van der Waals surface area (Å²) in [5, 5.41) is 2.85. The van der Waals surface area contributed by atoms with Crippen molar-refractivity contribution in [1.82, 2.24) is 4.57 Å². The Morgan fingerprint density at radius 3 is 2.65 bits per heavy atom. The van der Waals surface area contributed by atoms with E-state index in [2.05, 4.69) is 19.2 Å². The minimum atomic E-state index is -0.193. The molecule has 0 spiro atoms. The molecule has 0 aliphatic heterocycles. The van der Waals surface area contributed by atoms with Crippen LogP contribution in [0.1, 0.15) is 33.6 Å². The van der Waals surface area contributed by atoms with Crippen molar-refractivity contribution in [3.05, 3.63) is 28.7 Å². The van der Waals surface area contributed by atoms with E-state index < -0.39 is 0 Å². The van der Waals surface area contributed by atoms with Gasteiger partial charge in [0.15, 0.2) is 0 Å². The molecule has 1 aromatic rings. The van der Waals surface area contributed by atoms with E-state index in [-0.39, 0.29) is 17.4 Å². The van der Waals surface area contributed by atoms with Crippen LogP contribution in [0.2, 0.25) is 0 Å². The molecule has 1 amide bonds. The summed E-state index contributed by atoms with van der Waals surface area (Å²) in [4.78, 5) is 23.8. The Morgan fingerprint density at radius 1 is 1.40 bits per heavy atom. The Balaban J connectivity index is 2.79. The molecule has 0 aliphatic carbocycles. The summed E-state index contributed by atoms with van der Waals surface area (Å²) in [5.74, 6) is 0.146. The number of carbonyl (C=O) groups is 1. The SMILES string of the molecule is CCCn1cc(NC(=O)C(CN)CC(C)C)ccc1=O. The van der Waals surface area contributed by atoms with Gasteiger partial charge in [-0.15, -0.1) is 0 Å². The highest BCUT2D eigenvalue weighted by molar-refractivity contribution is 5.92. The molecule has 0 saturated carbocycles. The van der Waals surface area contributed by atoms with E-state index in [1.165, 1.54) is 6.07 Å². The first-order valence-corrected chi connectivity index (χ1v) is 7.19. The second kappa shape index (κ2) is 7.85. The predicted octanol–water partition coefficient (Wildman–Crippen LogP) is 1.82. The van der Waals surface area contributed by atoms with Crippen LogP contribution in [0.4, 0.5) is 5.69 Å². The van der Waals surface area contributed by atoms with Crippen molar-refractivity contribution in [1.29, 1.82) is 0 Å². The van der Waals surface area contributed by atoms with Gasteiger partial charge >= 0.3 is 0 Å². The van der Waals surface area contributed by atoms with Crippen LogP contribution >= 0.6 is 0 Å². The number of nitrogens with one attached hydrogen (secondary N) is 1. The summed E-state index contributed by atoms with van der Waals surface area (Å²) >= 11 is 0. The van der Waals surface area contributed by atoms with E-state index in [0.29, 0.717) is 24.7 Å². The smallest absolute Gasteiger partial charge is 0.250 e. The number of amides is 1. The van der Waals surface area contributed by atoms with E-state index in [1.54, 1.807) is 16.8 Å². The van der Waals surface area contributed by atoms with Gasteiger partial charge in [-0.05, 0) is 24.8 Å². The molecule has 0 bridgehead atoms. The highest BCUT2D eigenvalue weighted by atomic mass is 16.2. The van der Waals surface area contributed by atoms with Crippen molar-refractivity contribution >= 4 is 11.6 Å². The lowest BCUT2D eigenvalue weighted by molar-refractivity contribution is -0.120. The molecular weight excluding hydrogens is 254 g/mol. The number of nitrogens with two attached hydrogens (primary N) is 1. The third kappa shape index (κ3) is 4.81. The Morgan fingerprint density at radius 2 is 2.10 bits per heavy atom. The van der Waals surface area contributed by atoms with Crippen LogP contribution in [0.3, 0.4) is 0 Å². The van der Waals surface area contributed by atoms with Gasteiger partial charge in [0, 0.05) is 25.4 Å². The van der Waals surface area contributed by atoms with Crippen LogP contribution < -0.4 is 16.6 Å². The average Bonchev–Trinajstić information content (AvgIpc) is 2.39. The molecule has 5 heteroatoms. The summed E-state index contributed by atoms with van der Waals surface area (Å²) in [6, 6.07) is 3.11. The van der Waals surface area contributed by atoms with Crippen LogP contribution in [0, 0.1) is 11.8 Å². The summed E-state index contributed by atoms with van der Waals surface area (Å²) in [7, 11) is 0. The monoisotopic (exact) mass is 279 g/mol. The first-order chi connectivity index (χ1) is 9.47. The molecule has 0 fully saturated rings. The Bertz CT molecular complexity index is 494. The standard InChI is InChI=1S/C15H25N3O2/c1-4-7-18-10-13(5-6-14(18)19)17-15(20)12(9-16)8-11(2)3/h5-6,10-12H,4,7-9,16H2,1-3H3,(H,17,20). The molecule has 1 unspecified atom stereocenters. The molecule has 0 saturated heterocycles. The van der Waals surface area contributed by atoms with Gasteiger partial charge in [-0.3, -0.25) is 9.59 Å². The topological polar surface area (TPSA) is 77.1 Å². The fourth-order valence-electron chi connectivity index (χ4n) is 2.14. The number of pyridine rings is 1. The zero-order chi connectivity index (χ0) is 15.1. The van der Waals surface area contributed by atoms with Gasteiger partial charge in [-0.25, -0.2) is 0 Å². The summed E-state index contributed by atoms with van der Waals surface area (Å²) in [6.07, 6.45) is 3.32. The summed E-state index contributed by atoms with van der Waals surface area (Å²) in [6.45, 7) is 7.12. The summed E-state index contributed by atoms with van der Waals surface area (Å²) < 4.78 is 1.61. The maximum atomic E-state index is 12.2. The van der Waals surface area contributed by atoms with Crippen molar-refractivity contribution in [2.45, 2.75) is 40.2 Å². The van der Waals surface area contributed by atoms with Gasteiger partial charge in [0.25, 0.3) is 5.56 Å². The molecule has 5 nitrogen and oxygen atoms in total. The first-order valence-electron chi connectivity index (χ1n) is 7.19. The Hall–Kier alpha value is -1.62. The molecular formula is C15H25N3O2. The average molecular weight is 279 g/mol. The maximum Gasteiger partial charge on any atom is 0.250 e. The van der Waals surface area contributed by atoms with E-state index in [0.717, 1.165) is 12.8 Å². The first kappa shape index (κ1) is 16.4. The zero-order valence-corrected chi connectivity index (χ0v) is 12.6. The fraction of sp³-hybridized carbons (Fsp3) is 0.600. The maximum absolute atomic E-state index is 12.2. The third-order valence-corrected chi connectivity index (χ3v) is 3.13. The number of nitrogens with zero attached hydrogens (tertiary/aromatic N) is 1. The second-order valence-corrected chi connectivity index (χ2v) is 5.50. The largest absolute Gasteiger partial charge is 0.330 e. The van der Waals surface area contributed by atoms with Crippen molar-refractivity contribution in [2.24, 2.45) is 17.6 Å². The minimum Gasteiger partial charge on any atom is -0.330 e. The van der Waals surface area contributed by atoms with Crippen molar-refractivity contribution in [3.63, 3.8) is 0 Å². The molecule has 112 valence electrons. The van der Waals surface area contributed by atoms with E-state index in [1.807, 2.05) is 6.92 Å². The van der Waals surface area contributed by atoms with Gasteiger partial charge in [0.2, 0.25) is 5.91 Å². The number of rotatable bonds is 7. The van der Waals surface area contributed by atoms with Crippen LogP contribution in [-0.4, -0.2) is 17.0 Å². The quantitative estimate of drug-likeness (QED) is 0.799. The van der Waals surface area contributed by atoms with Gasteiger partial charge in [0.05, 0.1) is 11.6 Å². The molecule has 20 heavy (non-hydrogen) atoms. The lowest BCUT2D eigenvalue weighted by atomic mass is 9.96. The Labute approximate surface area is 120 Å². The number of aryl methyl sites for hydroxylation is 1. The number of hydrogen-bond acceptors (Lipinski definition) is 3.